The van der Waals surface area contributed by atoms with Crippen molar-refractivity contribution in [2.75, 3.05) is 18.4 Å². The first-order valence-electron chi connectivity index (χ1n) is 10.0. The topological polar surface area (TPSA) is 114 Å². The fourth-order valence-electron chi connectivity index (χ4n) is 3.68. The SMILES string of the molecule is CC(=O)N1CC[C@H](n2cc(-c3cnc(-n4cccn4)cc3NC(C)C)nn2)[C@H](O)C1. The summed E-state index contributed by atoms with van der Waals surface area (Å²) in [5, 5.41) is 26.8. The van der Waals surface area contributed by atoms with E-state index in [9.17, 15) is 9.90 Å². The number of rotatable bonds is 5. The Kier molecular flexibility index (Phi) is 5.49. The lowest BCUT2D eigenvalue weighted by molar-refractivity contribution is -0.133. The van der Waals surface area contributed by atoms with Crippen LogP contribution in [0.25, 0.3) is 17.1 Å². The highest BCUT2D eigenvalue weighted by Crippen LogP contribution is 2.30. The van der Waals surface area contributed by atoms with Crippen LogP contribution in [-0.2, 0) is 4.79 Å². The number of amides is 1. The molecule has 1 aliphatic rings. The number of aliphatic hydroxyl groups excluding tert-OH is 1. The summed E-state index contributed by atoms with van der Waals surface area (Å²) in [4.78, 5) is 17.8. The molecule has 1 amide bonds. The molecule has 1 fully saturated rings. The lowest BCUT2D eigenvalue weighted by atomic mass is 10.0. The molecule has 0 aliphatic carbocycles. The molecule has 10 nitrogen and oxygen atoms in total. The maximum atomic E-state index is 11.6. The number of β-amino-alcohol motifs (C(OH)–C–C–N with tert-alkyl or cyclic N) is 1. The number of aromatic nitrogens is 6. The summed E-state index contributed by atoms with van der Waals surface area (Å²) in [5.41, 5.74) is 2.37. The molecule has 0 radical (unpaired) electrons. The zero-order valence-electron chi connectivity index (χ0n) is 17.3. The first kappa shape index (κ1) is 20.0. The molecule has 0 unspecified atom stereocenters. The third-order valence-electron chi connectivity index (χ3n) is 5.19. The molecule has 0 saturated carbocycles. The van der Waals surface area contributed by atoms with Crippen molar-refractivity contribution in [3.05, 3.63) is 36.9 Å². The van der Waals surface area contributed by atoms with Crippen LogP contribution in [0.15, 0.2) is 36.9 Å². The van der Waals surface area contributed by atoms with E-state index in [4.69, 9.17) is 0 Å². The van der Waals surface area contributed by atoms with E-state index in [1.54, 1.807) is 26.7 Å². The van der Waals surface area contributed by atoms with Gasteiger partial charge in [0.2, 0.25) is 5.91 Å². The number of pyridine rings is 1. The van der Waals surface area contributed by atoms with Crippen LogP contribution in [0.2, 0.25) is 0 Å². The lowest BCUT2D eigenvalue weighted by Gasteiger charge is -2.35. The Bertz CT molecular complexity index is 1010. The van der Waals surface area contributed by atoms with Gasteiger partial charge in [-0.25, -0.2) is 14.3 Å². The Morgan fingerprint density at radius 3 is 2.87 bits per heavy atom. The predicted molar refractivity (Wildman–Crippen MR) is 111 cm³/mol. The normalized spacial score (nSPS) is 19.3. The molecule has 0 spiro atoms. The molecule has 4 heterocycles. The van der Waals surface area contributed by atoms with Crippen molar-refractivity contribution in [3.63, 3.8) is 0 Å². The van der Waals surface area contributed by atoms with Gasteiger partial charge in [-0.05, 0) is 26.3 Å². The summed E-state index contributed by atoms with van der Waals surface area (Å²) in [7, 11) is 0. The number of hydrogen-bond acceptors (Lipinski definition) is 7. The van der Waals surface area contributed by atoms with Gasteiger partial charge in [0.25, 0.3) is 0 Å². The summed E-state index contributed by atoms with van der Waals surface area (Å²) in [6, 6.07) is 3.77. The molecule has 158 valence electrons. The number of hydrogen-bond donors (Lipinski definition) is 2. The molecule has 2 atom stereocenters. The summed E-state index contributed by atoms with van der Waals surface area (Å²) in [6.07, 6.45) is 7.06. The van der Waals surface area contributed by atoms with E-state index in [0.29, 0.717) is 31.0 Å². The van der Waals surface area contributed by atoms with Crippen LogP contribution in [0.3, 0.4) is 0 Å². The quantitative estimate of drug-likeness (QED) is 0.655. The molecule has 1 saturated heterocycles. The van der Waals surface area contributed by atoms with Crippen molar-refractivity contribution in [2.24, 2.45) is 0 Å². The van der Waals surface area contributed by atoms with Crippen LogP contribution in [0, 0.1) is 0 Å². The van der Waals surface area contributed by atoms with E-state index in [0.717, 1.165) is 11.3 Å². The molecule has 0 bridgehead atoms. The third kappa shape index (κ3) is 4.04. The molecule has 4 rings (SSSR count). The van der Waals surface area contributed by atoms with Gasteiger partial charge < -0.3 is 15.3 Å². The average molecular weight is 410 g/mol. The van der Waals surface area contributed by atoms with Crippen molar-refractivity contribution in [3.8, 4) is 17.1 Å². The monoisotopic (exact) mass is 410 g/mol. The minimum absolute atomic E-state index is 0.0282. The summed E-state index contributed by atoms with van der Waals surface area (Å²) >= 11 is 0. The molecule has 1 aliphatic heterocycles. The molecule has 3 aromatic rings. The van der Waals surface area contributed by atoms with E-state index >= 15 is 0 Å². The van der Waals surface area contributed by atoms with Crippen molar-refractivity contribution >= 4 is 11.6 Å². The van der Waals surface area contributed by atoms with E-state index < -0.39 is 6.10 Å². The van der Waals surface area contributed by atoms with E-state index in [2.05, 4.69) is 39.6 Å². The van der Waals surface area contributed by atoms with Gasteiger partial charge in [-0.1, -0.05) is 5.21 Å². The molecule has 2 N–H and O–H groups in total. The Labute approximate surface area is 174 Å². The second-order valence-corrected chi connectivity index (χ2v) is 7.81. The maximum Gasteiger partial charge on any atom is 0.219 e. The number of carbonyl (C=O) groups excluding carboxylic acids is 1. The van der Waals surface area contributed by atoms with Gasteiger partial charge in [0.05, 0.1) is 18.3 Å². The van der Waals surface area contributed by atoms with Gasteiger partial charge in [0.1, 0.15) is 5.69 Å². The van der Waals surface area contributed by atoms with E-state index in [1.807, 2.05) is 24.5 Å². The standard InChI is InChI=1S/C20H26N8O2/c1-13(2)23-16-9-20(27-7-4-6-22-27)21-10-15(16)17-11-28(25-24-17)18-5-8-26(14(3)29)12-19(18)30/h4,6-7,9-11,13,18-19,30H,5,8,12H2,1-3H3,(H,21,23)/t18-,19+/m0/s1. The second-order valence-electron chi connectivity index (χ2n) is 7.81. The highest BCUT2D eigenvalue weighted by molar-refractivity contribution is 5.75. The minimum atomic E-state index is -0.689. The van der Waals surface area contributed by atoms with Gasteiger partial charge in [-0.15, -0.1) is 5.10 Å². The summed E-state index contributed by atoms with van der Waals surface area (Å²) in [5.74, 6) is 0.672. The fraction of sp³-hybridized carbons (Fsp3) is 0.450. The lowest BCUT2D eigenvalue weighted by Crippen LogP contribution is -2.46. The van der Waals surface area contributed by atoms with Gasteiger partial charge in [0, 0.05) is 62.0 Å². The van der Waals surface area contributed by atoms with Gasteiger partial charge in [0.15, 0.2) is 5.82 Å². The van der Waals surface area contributed by atoms with Crippen LogP contribution >= 0.6 is 0 Å². The second kappa shape index (κ2) is 8.23. The maximum absolute atomic E-state index is 11.6. The summed E-state index contributed by atoms with van der Waals surface area (Å²) in [6.45, 7) is 6.54. The van der Waals surface area contributed by atoms with Gasteiger partial charge in [-0.2, -0.15) is 5.10 Å². The van der Waals surface area contributed by atoms with Crippen LogP contribution in [-0.4, -0.2) is 70.9 Å². The highest BCUT2D eigenvalue weighted by atomic mass is 16.3. The van der Waals surface area contributed by atoms with Crippen molar-refractivity contribution in [1.82, 2.24) is 34.7 Å². The Morgan fingerprint density at radius 1 is 1.37 bits per heavy atom. The predicted octanol–water partition coefficient (Wildman–Crippen LogP) is 1.50. The Hall–Kier alpha value is -3.27. The third-order valence-corrected chi connectivity index (χ3v) is 5.19. The highest BCUT2D eigenvalue weighted by Gasteiger charge is 2.31. The van der Waals surface area contributed by atoms with Crippen molar-refractivity contribution < 1.29 is 9.90 Å². The molecular formula is C20H26N8O2. The average Bonchev–Trinajstić information content (AvgIpc) is 3.40. The number of nitrogens with zero attached hydrogens (tertiary/aromatic N) is 7. The number of nitrogens with one attached hydrogen (secondary N) is 1. The molecule has 30 heavy (non-hydrogen) atoms. The largest absolute Gasteiger partial charge is 0.389 e. The Balaban J connectivity index is 1.62. The number of likely N-dealkylation sites (tertiary alicyclic amines) is 1. The first-order chi connectivity index (χ1) is 14.4. The Morgan fingerprint density at radius 2 is 2.20 bits per heavy atom. The zero-order chi connectivity index (χ0) is 21.3. The molecule has 10 heteroatoms. The van der Waals surface area contributed by atoms with E-state index in [1.165, 1.54) is 6.92 Å². The van der Waals surface area contributed by atoms with Crippen molar-refractivity contribution in [1.29, 1.82) is 0 Å². The van der Waals surface area contributed by atoms with Crippen LogP contribution in [0.5, 0.6) is 0 Å². The molecular weight excluding hydrogens is 384 g/mol. The number of carbonyl (C=O) groups is 1. The molecule has 3 aromatic heterocycles. The zero-order valence-corrected chi connectivity index (χ0v) is 17.3. The van der Waals surface area contributed by atoms with Gasteiger partial charge in [-0.3, -0.25) is 4.79 Å². The first-order valence-corrected chi connectivity index (χ1v) is 10.0. The summed E-state index contributed by atoms with van der Waals surface area (Å²) < 4.78 is 3.39. The number of aliphatic hydroxyl groups is 1. The van der Waals surface area contributed by atoms with Crippen LogP contribution in [0.4, 0.5) is 5.69 Å². The van der Waals surface area contributed by atoms with Crippen LogP contribution < -0.4 is 5.32 Å². The minimum Gasteiger partial charge on any atom is -0.389 e. The van der Waals surface area contributed by atoms with Crippen LogP contribution in [0.1, 0.15) is 33.2 Å². The van der Waals surface area contributed by atoms with Gasteiger partial charge >= 0.3 is 0 Å². The smallest absolute Gasteiger partial charge is 0.219 e. The van der Waals surface area contributed by atoms with E-state index in [-0.39, 0.29) is 18.0 Å². The fourth-order valence-corrected chi connectivity index (χ4v) is 3.68. The van der Waals surface area contributed by atoms with Crippen molar-refractivity contribution in [2.45, 2.75) is 45.4 Å². The number of piperidine rings is 1. The number of anilines is 1. The molecule has 0 aromatic carbocycles.